The predicted octanol–water partition coefficient (Wildman–Crippen LogP) is 3.12. The Balaban J connectivity index is 2.19. The number of aryl methyl sites for hydroxylation is 1. The lowest BCUT2D eigenvalue weighted by Crippen LogP contribution is -2.27. The minimum atomic E-state index is -0.555. The summed E-state index contributed by atoms with van der Waals surface area (Å²) in [5.41, 5.74) is 1.90. The second kappa shape index (κ2) is 5.75. The number of hydrogen-bond donors (Lipinski definition) is 1. The Hall–Kier alpha value is -1.69. The van der Waals surface area contributed by atoms with Crippen molar-refractivity contribution in [3.63, 3.8) is 0 Å². The van der Waals surface area contributed by atoms with E-state index in [1.807, 2.05) is 20.9 Å². The standard InChI is InChI=1S/C14H15BrFN3O/c1-8(11-7-17-19(3)9(11)2)18-14(20)10-5-4-6-12(15)13(10)16/h4-8H,1-3H3,(H,18,20). The van der Waals surface area contributed by atoms with Crippen molar-refractivity contribution in [2.75, 3.05) is 0 Å². The lowest BCUT2D eigenvalue weighted by atomic mass is 10.1. The summed E-state index contributed by atoms with van der Waals surface area (Å²) >= 11 is 3.07. The van der Waals surface area contributed by atoms with Gasteiger partial charge in [-0.05, 0) is 41.9 Å². The van der Waals surface area contributed by atoms with E-state index in [9.17, 15) is 9.18 Å². The highest BCUT2D eigenvalue weighted by atomic mass is 79.9. The number of nitrogens with zero attached hydrogens (tertiary/aromatic N) is 2. The van der Waals surface area contributed by atoms with Gasteiger partial charge in [0.25, 0.3) is 5.91 Å². The Kier molecular flexibility index (Phi) is 4.23. The number of hydrogen-bond acceptors (Lipinski definition) is 2. The van der Waals surface area contributed by atoms with Crippen LogP contribution in [-0.4, -0.2) is 15.7 Å². The van der Waals surface area contributed by atoms with Crippen molar-refractivity contribution in [3.05, 3.63) is 51.5 Å². The first-order valence-corrected chi connectivity index (χ1v) is 6.94. The Bertz CT molecular complexity index is 654. The van der Waals surface area contributed by atoms with Crippen molar-refractivity contribution in [2.24, 2.45) is 7.05 Å². The van der Waals surface area contributed by atoms with Gasteiger partial charge >= 0.3 is 0 Å². The molecular formula is C14H15BrFN3O. The lowest BCUT2D eigenvalue weighted by molar-refractivity contribution is 0.0935. The first kappa shape index (κ1) is 14.7. The van der Waals surface area contributed by atoms with Gasteiger partial charge in [-0.15, -0.1) is 0 Å². The second-order valence-electron chi connectivity index (χ2n) is 4.61. The Morgan fingerprint density at radius 2 is 2.20 bits per heavy atom. The molecule has 1 amide bonds. The van der Waals surface area contributed by atoms with E-state index in [2.05, 4.69) is 26.3 Å². The number of carbonyl (C=O) groups excluding carboxylic acids is 1. The second-order valence-corrected chi connectivity index (χ2v) is 5.46. The molecule has 6 heteroatoms. The molecule has 1 N–H and O–H groups in total. The highest BCUT2D eigenvalue weighted by Crippen LogP contribution is 2.20. The van der Waals surface area contributed by atoms with E-state index in [-0.39, 0.29) is 16.1 Å². The third-order valence-corrected chi connectivity index (χ3v) is 3.90. The summed E-state index contributed by atoms with van der Waals surface area (Å²) in [7, 11) is 1.83. The van der Waals surface area contributed by atoms with Gasteiger partial charge in [0.05, 0.1) is 22.3 Å². The van der Waals surface area contributed by atoms with Crippen LogP contribution in [-0.2, 0) is 7.05 Å². The lowest BCUT2D eigenvalue weighted by Gasteiger charge is -2.14. The number of amides is 1. The van der Waals surface area contributed by atoms with E-state index in [4.69, 9.17) is 0 Å². The summed E-state index contributed by atoms with van der Waals surface area (Å²) in [6.45, 7) is 3.77. The van der Waals surface area contributed by atoms with Gasteiger partial charge in [-0.1, -0.05) is 6.07 Å². The van der Waals surface area contributed by atoms with Gasteiger partial charge < -0.3 is 5.32 Å². The molecule has 0 saturated heterocycles. The van der Waals surface area contributed by atoms with Gasteiger partial charge in [0.2, 0.25) is 0 Å². The quantitative estimate of drug-likeness (QED) is 0.933. The van der Waals surface area contributed by atoms with E-state index in [1.54, 1.807) is 23.0 Å². The number of rotatable bonds is 3. The van der Waals surface area contributed by atoms with Crippen LogP contribution in [0, 0.1) is 12.7 Å². The smallest absolute Gasteiger partial charge is 0.254 e. The van der Waals surface area contributed by atoms with Gasteiger partial charge in [0.15, 0.2) is 0 Å². The van der Waals surface area contributed by atoms with Crippen LogP contribution in [0.5, 0.6) is 0 Å². The van der Waals surface area contributed by atoms with Crippen molar-refractivity contribution >= 4 is 21.8 Å². The normalized spacial score (nSPS) is 12.2. The van der Waals surface area contributed by atoms with Crippen molar-refractivity contribution in [1.29, 1.82) is 0 Å². The van der Waals surface area contributed by atoms with Crippen molar-refractivity contribution in [3.8, 4) is 0 Å². The van der Waals surface area contributed by atoms with Crippen LogP contribution in [0.4, 0.5) is 4.39 Å². The molecule has 0 spiro atoms. The van der Waals surface area contributed by atoms with E-state index in [0.717, 1.165) is 11.3 Å². The molecule has 106 valence electrons. The van der Waals surface area contributed by atoms with Crippen molar-refractivity contribution in [1.82, 2.24) is 15.1 Å². The zero-order valence-corrected chi connectivity index (χ0v) is 13.0. The minimum Gasteiger partial charge on any atom is -0.345 e. The zero-order valence-electron chi connectivity index (χ0n) is 11.4. The van der Waals surface area contributed by atoms with Crippen LogP contribution in [0.3, 0.4) is 0 Å². The molecule has 20 heavy (non-hydrogen) atoms. The molecule has 0 bridgehead atoms. The maximum Gasteiger partial charge on any atom is 0.254 e. The van der Waals surface area contributed by atoms with Gasteiger partial charge in [0, 0.05) is 18.3 Å². The molecule has 1 aromatic carbocycles. The number of nitrogens with one attached hydrogen (secondary N) is 1. The molecule has 1 aromatic heterocycles. The van der Waals surface area contributed by atoms with Crippen LogP contribution in [0.1, 0.15) is 34.6 Å². The summed E-state index contributed by atoms with van der Waals surface area (Å²) in [6, 6.07) is 4.40. The molecule has 0 aliphatic heterocycles. The fourth-order valence-electron chi connectivity index (χ4n) is 1.97. The molecular weight excluding hydrogens is 325 g/mol. The van der Waals surface area contributed by atoms with Crippen LogP contribution in [0.2, 0.25) is 0 Å². The van der Waals surface area contributed by atoms with E-state index >= 15 is 0 Å². The van der Waals surface area contributed by atoms with Crippen molar-refractivity contribution in [2.45, 2.75) is 19.9 Å². The molecule has 0 fully saturated rings. The van der Waals surface area contributed by atoms with Gasteiger partial charge in [-0.25, -0.2) is 4.39 Å². The summed E-state index contributed by atoms with van der Waals surface area (Å²) in [6.07, 6.45) is 1.71. The molecule has 0 radical (unpaired) electrons. The molecule has 1 atom stereocenters. The molecule has 2 aromatic rings. The molecule has 0 saturated carbocycles. The molecule has 1 unspecified atom stereocenters. The van der Waals surface area contributed by atoms with Crippen LogP contribution >= 0.6 is 15.9 Å². The highest BCUT2D eigenvalue weighted by molar-refractivity contribution is 9.10. The summed E-state index contributed by atoms with van der Waals surface area (Å²) in [5, 5.41) is 6.91. The topological polar surface area (TPSA) is 46.9 Å². The molecule has 1 heterocycles. The molecule has 4 nitrogen and oxygen atoms in total. The molecule has 0 aliphatic rings. The molecule has 0 aliphatic carbocycles. The fourth-order valence-corrected chi connectivity index (χ4v) is 2.34. The fraction of sp³-hybridized carbons (Fsp3) is 0.286. The van der Waals surface area contributed by atoms with Crippen molar-refractivity contribution < 1.29 is 9.18 Å². The summed E-state index contributed by atoms with van der Waals surface area (Å²) in [4.78, 5) is 12.1. The Labute approximate surface area is 125 Å². The first-order chi connectivity index (χ1) is 9.41. The van der Waals surface area contributed by atoms with Gasteiger partial charge in [-0.3, -0.25) is 9.48 Å². The monoisotopic (exact) mass is 339 g/mol. The number of aromatic nitrogens is 2. The van der Waals surface area contributed by atoms with Gasteiger partial charge in [0.1, 0.15) is 5.82 Å². The number of halogens is 2. The van der Waals surface area contributed by atoms with E-state index in [1.165, 1.54) is 6.07 Å². The van der Waals surface area contributed by atoms with E-state index in [0.29, 0.717) is 0 Å². The summed E-state index contributed by atoms with van der Waals surface area (Å²) in [5.74, 6) is -1.00. The highest BCUT2D eigenvalue weighted by Gasteiger charge is 2.18. The van der Waals surface area contributed by atoms with Crippen LogP contribution in [0.25, 0.3) is 0 Å². The number of carbonyl (C=O) groups is 1. The van der Waals surface area contributed by atoms with Crippen LogP contribution < -0.4 is 5.32 Å². The average Bonchev–Trinajstić information content (AvgIpc) is 2.73. The maximum atomic E-state index is 13.9. The van der Waals surface area contributed by atoms with Gasteiger partial charge in [-0.2, -0.15) is 5.10 Å². The Morgan fingerprint density at radius 3 is 2.80 bits per heavy atom. The SMILES string of the molecule is Cc1c(C(C)NC(=O)c2cccc(Br)c2F)cnn1C. The molecule has 2 rings (SSSR count). The average molecular weight is 340 g/mol. The zero-order chi connectivity index (χ0) is 14.9. The Morgan fingerprint density at radius 1 is 1.50 bits per heavy atom. The summed E-state index contributed by atoms with van der Waals surface area (Å²) < 4.78 is 15.9. The minimum absolute atomic E-state index is 0.0211. The largest absolute Gasteiger partial charge is 0.345 e. The first-order valence-electron chi connectivity index (χ1n) is 6.15. The van der Waals surface area contributed by atoms with E-state index < -0.39 is 11.7 Å². The third-order valence-electron chi connectivity index (χ3n) is 3.28. The number of benzene rings is 1. The van der Waals surface area contributed by atoms with Crippen LogP contribution in [0.15, 0.2) is 28.9 Å². The maximum absolute atomic E-state index is 13.9. The predicted molar refractivity (Wildman–Crippen MR) is 77.9 cm³/mol. The third kappa shape index (κ3) is 2.75.